The average molecular weight is 359 g/mol. The molecule has 1 aromatic carbocycles. The molecule has 2 N–H and O–H groups in total. The van der Waals surface area contributed by atoms with Crippen LogP contribution in [0.25, 0.3) is 23.0 Å². The summed E-state index contributed by atoms with van der Waals surface area (Å²) >= 11 is 0. The van der Waals surface area contributed by atoms with Crippen LogP contribution >= 0.6 is 0 Å². The van der Waals surface area contributed by atoms with E-state index in [1.165, 1.54) is 5.56 Å². The van der Waals surface area contributed by atoms with Gasteiger partial charge in [0.1, 0.15) is 5.69 Å². The molecule has 2 heterocycles. The minimum absolute atomic E-state index is 0.222. The average Bonchev–Trinajstić information content (AvgIpc) is 3.28. The number of amides is 1. The van der Waals surface area contributed by atoms with Crippen LogP contribution in [-0.2, 0) is 17.6 Å². The zero-order valence-corrected chi connectivity index (χ0v) is 14.8. The molecule has 135 valence electrons. The number of carbonyl (C=O) groups excluding carboxylic acids is 1. The molecule has 1 radical (unpaired) electrons. The number of pyridine rings is 1. The second-order valence-corrected chi connectivity index (χ2v) is 7.49. The molecule has 6 nitrogen and oxygen atoms in total. The van der Waals surface area contributed by atoms with Crippen LogP contribution in [0.15, 0.2) is 47.1 Å². The second-order valence-electron chi connectivity index (χ2n) is 7.49. The zero-order chi connectivity index (χ0) is 18.4. The summed E-state index contributed by atoms with van der Waals surface area (Å²) in [4.78, 5) is 20.9. The molecule has 5 rings (SSSR count). The summed E-state index contributed by atoms with van der Waals surface area (Å²) in [7, 11) is 0. The van der Waals surface area contributed by atoms with E-state index < -0.39 is 5.41 Å². The Morgan fingerprint density at radius 1 is 1.22 bits per heavy atom. The number of rotatable bonds is 3. The summed E-state index contributed by atoms with van der Waals surface area (Å²) in [6, 6.07) is 11.8. The summed E-state index contributed by atoms with van der Waals surface area (Å²) in [5.74, 6) is 1.11. The lowest BCUT2D eigenvalue weighted by atomic mass is 9.79. The largest absolute Gasteiger partial charge is 0.369 e. The number of carbonyl (C=O) groups is 1. The number of nitrogens with two attached hydrogens (primary N) is 1. The first-order valence-corrected chi connectivity index (χ1v) is 9.16. The Morgan fingerprint density at radius 3 is 2.96 bits per heavy atom. The zero-order valence-electron chi connectivity index (χ0n) is 14.8. The third-order valence-electron chi connectivity index (χ3n) is 5.77. The first kappa shape index (κ1) is 16.2. The fraction of sp³-hybridized carbons (Fsp3) is 0.286. The van der Waals surface area contributed by atoms with Crippen LogP contribution in [-0.4, -0.2) is 21.0 Å². The molecule has 3 aromatic rings. The molecule has 0 spiro atoms. The smallest absolute Gasteiger partial charge is 0.276 e. The van der Waals surface area contributed by atoms with Gasteiger partial charge in [0.15, 0.2) is 0 Å². The molecule has 2 aromatic heterocycles. The van der Waals surface area contributed by atoms with Gasteiger partial charge in [0.05, 0.1) is 5.41 Å². The van der Waals surface area contributed by atoms with E-state index in [0.29, 0.717) is 29.7 Å². The molecule has 0 saturated heterocycles. The van der Waals surface area contributed by atoms with E-state index in [4.69, 9.17) is 10.3 Å². The van der Waals surface area contributed by atoms with Gasteiger partial charge in [0, 0.05) is 11.8 Å². The first-order chi connectivity index (χ1) is 13.1. The van der Waals surface area contributed by atoms with Crippen molar-refractivity contribution in [1.82, 2.24) is 15.1 Å². The lowest BCUT2D eigenvalue weighted by Gasteiger charge is -2.25. The molecule has 6 heteroatoms. The van der Waals surface area contributed by atoms with Crippen LogP contribution in [0.2, 0.25) is 0 Å². The maximum absolute atomic E-state index is 12.2. The molecule has 27 heavy (non-hydrogen) atoms. The SMILES string of the molecule is NC(=O)C12[CH]C(CC1)Cc1ccc(-c3noc(-c4ccccn4)n3)cc1C2. The molecule has 2 unspecified atom stereocenters. The van der Waals surface area contributed by atoms with Gasteiger partial charge in [-0.3, -0.25) is 9.78 Å². The van der Waals surface area contributed by atoms with Crippen molar-refractivity contribution in [2.45, 2.75) is 25.7 Å². The topological polar surface area (TPSA) is 94.9 Å². The predicted molar refractivity (Wildman–Crippen MR) is 99.0 cm³/mol. The minimum Gasteiger partial charge on any atom is -0.369 e. The Balaban J connectivity index is 1.51. The quantitative estimate of drug-likeness (QED) is 0.776. The molecular weight excluding hydrogens is 340 g/mol. The standard InChI is InChI=1S/C21H19N4O2/c22-20(26)21-7-6-13(11-21)9-14-4-5-15(10-16(14)12-21)18-24-19(27-25-18)17-3-1-2-8-23-17/h1-5,8,10-11,13H,6-7,9,12H2,(H2,22,26). The number of aromatic nitrogens is 3. The van der Waals surface area contributed by atoms with Crippen molar-refractivity contribution in [3.05, 3.63) is 60.1 Å². The van der Waals surface area contributed by atoms with Gasteiger partial charge in [-0.2, -0.15) is 4.98 Å². The van der Waals surface area contributed by atoms with Gasteiger partial charge in [-0.05, 0) is 67.3 Å². The van der Waals surface area contributed by atoms with E-state index >= 15 is 0 Å². The molecule has 1 saturated carbocycles. The Hall–Kier alpha value is -3.02. The van der Waals surface area contributed by atoms with Crippen LogP contribution in [0.5, 0.6) is 0 Å². The Morgan fingerprint density at radius 2 is 2.15 bits per heavy atom. The molecule has 2 bridgehead atoms. The van der Waals surface area contributed by atoms with Crippen molar-refractivity contribution in [1.29, 1.82) is 0 Å². The highest BCUT2D eigenvalue weighted by Gasteiger charge is 2.46. The normalized spacial score (nSPS) is 23.6. The van der Waals surface area contributed by atoms with Gasteiger partial charge in [0.2, 0.25) is 11.7 Å². The van der Waals surface area contributed by atoms with Crippen LogP contribution in [0.3, 0.4) is 0 Å². The summed E-state index contributed by atoms with van der Waals surface area (Å²) in [6.45, 7) is 0. The van der Waals surface area contributed by atoms with Gasteiger partial charge in [-0.1, -0.05) is 23.4 Å². The van der Waals surface area contributed by atoms with E-state index in [-0.39, 0.29) is 5.91 Å². The van der Waals surface area contributed by atoms with Gasteiger partial charge < -0.3 is 10.3 Å². The van der Waals surface area contributed by atoms with E-state index in [9.17, 15) is 4.79 Å². The second kappa shape index (κ2) is 6.01. The van der Waals surface area contributed by atoms with Gasteiger partial charge in [0.25, 0.3) is 5.89 Å². The third-order valence-corrected chi connectivity index (χ3v) is 5.77. The molecule has 0 aliphatic heterocycles. The highest BCUT2D eigenvalue weighted by atomic mass is 16.5. The van der Waals surface area contributed by atoms with Crippen molar-refractivity contribution in [2.24, 2.45) is 17.1 Å². The Bertz CT molecular complexity index is 1010. The minimum atomic E-state index is -0.523. The Labute approximate surface area is 156 Å². The lowest BCUT2D eigenvalue weighted by molar-refractivity contribution is -0.125. The summed E-state index contributed by atoms with van der Waals surface area (Å²) in [5.41, 5.74) is 9.18. The van der Waals surface area contributed by atoms with Gasteiger partial charge in [-0.15, -0.1) is 0 Å². The summed E-state index contributed by atoms with van der Waals surface area (Å²) in [6.07, 6.45) is 7.34. The van der Waals surface area contributed by atoms with E-state index in [2.05, 4.69) is 33.7 Å². The van der Waals surface area contributed by atoms with E-state index in [1.54, 1.807) is 6.20 Å². The van der Waals surface area contributed by atoms with E-state index in [1.807, 2.05) is 24.3 Å². The molecule has 2 aliphatic carbocycles. The Kier molecular flexibility index (Phi) is 3.60. The predicted octanol–water partition coefficient (Wildman–Crippen LogP) is 2.98. The number of hydrogen-bond donors (Lipinski definition) is 1. The number of benzene rings is 1. The summed E-state index contributed by atoms with van der Waals surface area (Å²) in [5, 5.41) is 4.11. The molecule has 2 atom stereocenters. The molecular formula is C21H19N4O2. The van der Waals surface area contributed by atoms with Gasteiger partial charge >= 0.3 is 0 Å². The van der Waals surface area contributed by atoms with Crippen molar-refractivity contribution in [3.63, 3.8) is 0 Å². The van der Waals surface area contributed by atoms with Crippen LogP contribution in [0.4, 0.5) is 0 Å². The fourth-order valence-corrected chi connectivity index (χ4v) is 4.35. The van der Waals surface area contributed by atoms with Crippen LogP contribution in [0.1, 0.15) is 24.0 Å². The van der Waals surface area contributed by atoms with Crippen molar-refractivity contribution in [2.75, 3.05) is 0 Å². The highest BCUT2D eigenvalue weighted by molar-refractivity contribution is 5.83. The first-order valence-electron chi connectivity index (χ1n) is 9.16. The number of primary amides is 1. The summed E-state index contributed by atoms with van der Waals surface area (Å²) < 4.78 is 5.38. The number of nitrogens with zero attached hydrogens (tertiary/aromatic N) is 3. The number of hydrogen-bond acceptors (Lipinski definition) is 5. The van der Waals surface area contributed by atoms with Crippen molar-refractivity contribution in [3.8, 4) is 23.0 Å². The van der Waals surface area contributed by atoms with E-state index in [0.717, 1.165) is 30.4 Å². The van der Waals surface area contributed by atoms with Gasteiger partial charge in [-0.25, -0.2) is 0 Å². The maximum Gasteiger partial charge on any atom is 0.276 e. The van der Waals surface area contributed by atoms with Crippen LogP contribution in [0, 0.1) is 17.8 Å². The van der Waals surface area contributed by atoms with Crippen molar-refractivity contribution >= 4 is 5.91 Å². The molecule has 2 aliphatic rings. The molecule has 1 amide bonds. The molecule has 1 fully saturated rings. The monoisotopic (exact) mass is 359 g/mol. The van der Waals surface area contributed by atoms with Crippen molar-refractivity contribution < 1.29 is 9.32 Å². The third kappa shape index (κ3) is 2.72. The lowest BCUT2D eigenvalue weighted by Crippen LogP contribution is -2.37. The highest BCUT2D eigenvalue weighted by Crippen LogP contribution is 2.48. The van der Waals surface area contributed by atoms with Crippen LogP contribution < -0.4 is 5.73 Å². The maximum atomic E-state index is 12.2. The number of fused-ring (bicyclic) bond motifs is 3. The fourth-order valence-electron chi connectivity index (χ4n) is 4.35.